The SMILES string of the molecule is CCc1cc([C@H](c2ccc(OC)cc2)N2CCOCC2)c(NC(=O)c2ccco2)s1. The average molecular weight is 427 g/mol. The first-order chi connectivity index (χ1) is 14.7. The molecule has 1 fully saturated rings. The highest BCUT2D eigenvalue weighted by atomic mass is 32.1. The average Bonchev–Trinajstić information content (AvgIpc) is 3.46. The number of methoxy groups -OCH3 is 1. The van der Waals surface area contributed by atoms with Gasteiger partial charge in [-0.15, -0.1) is 11.3 Å². The van der Waals surface area contributed by atoms with E-state index in [1.807, 2.05) is 12.1 Å². The van der Waals surface area contributed by atoms with E-state index in [9.17, 15) is 4.79 Å². The molecule has 1 amide bonds. The Morgan fingerprint density at radius 3 is 2.63 bits per heavy atom. The molecule has 0 aliphatic carbocycles. The number of carbonyl (C=O) groups excluding carboxylic acids is 1. The third-order valence-corrected chi connectivity index (χ3v) is 6.48. The lowest BCUT2D eigenvalue weighted by molar-refractivity contribution is 0.0241. The van der Waals surface area contributed by atoms with Gasteiger partial charge >= 0.3 is 0 Å². The number of ether oxygens (including phenoxy) is 2. The van der Waals surface area contributed by atoms with E-state index in [1.165, 1.54) is 11.1 Å². The van der Waals surface area contributed by atoms with Gasteiger partial charge in [0.05, 0.1) is 32.6 Å². The van der Waals surface area contributed by atoms with E-state index in [2.05, 4.69) is 35.3 Å². The zero-order valence-electron chi connectivity index (χ0n) is 17.2. The van der Waals surface area contributed by atoms with E-state index in [4.69, 9.17) is 13.9 Å². The van der Waals surface area contributed by atoms with Crippen molar-refractivity contribution < 1.29 is 18.7 Å². The van der Waals surface area contributed by atoms with Crippen molar-refractivity contribution in [3.63, 3.8) is 0 Å². The molecular weight excluding hydrogens is 400 g/mol. The fourth-order valence-corrected chi connectivity index (χ4v) is 4.74. The lowest BCUT2D eigenvalue weighted by Gasteiger charge is -2.35. The summed E-state index contributed by atoms with van der Waals surface area (Å²) in [6, 6.07) is 13.8. The Morgan fingerprint density at radius 1 is 1.23 bits per heavy atom. The number of hydrogen-bond donors (Lipinski definition) is 1. The highest BCUT2D eigenvalue weighted by Gasteiger charge is 2.29. The van der Waals surface area contributed by atoms with Crippen LogP contribution in [0.15, 0.2) is 53.1 Å². The molecule has 6 nitrogen and oxygen atoms in total. The number of nitrogens with one attached hydrogen (secondary N) is 1. The standard InChI is InChI=1S/C23H26N2O4S/c1-3-18-15-19(23(30-18)24-22(26)20-5-4-12-29-20)21(25-10-13-28-14-11-25)16-6-8-17(27-2)9-7-16/h4-9,12,15,21H,3,10-11,13-14H2,1-2H3,(H,24,26)/t21-/m0/s1. The van der Waals surface area contributed by atoms with E-state index >= 15 is 0 Å². The second-order valence-electron chi connectivity index (χ2n) is 7.11. The van der Waals surface area contributed by atoms with Gasteiger partial charge in [0.25, 0.3) is 5.91 Å². The first kappa shape index (κ1) is 20.7. The quantitative estimate of drug-likeness (QED) is 0.599. The number of carbonyl (C=O) groups is 1. The largest absolute Gasteiger partial charge is 0.497 e. The van der Waals surface area contributed by atoms with Gasteiger partial charge in [0.15, 0.2) is 5.76 Å². The fraction of sp³-hybridized carbons (Fsp3) is 0.348. The van der Waals surface area contributed by atoms with Gasteiger partial charge in [-0.25, -0.2) is 0 Å². The van der Waals surface area contributed by atoms with Crippen molar-refractivity contribution in [2.75, 3.05) is 38.7 Å². The zero-order chi connectivity index (χ0) is 20.9. The summed E-state index contributed by atoms with van der Waals surface area (Å²) in [5.41, 5.74) is 2.26. The van der Waals surface area contributed by atoms with Crippen molar-refractivity contribution in [3.05, 3.63) is 70.5 Å². The molecule has 2 aromatic heterocycles. The van der Waals surface area contributed by atoms with Crippen molar-refractivity contribution in [1.82, 2.24) is 4.90 Å². The van der Waals surface area contributed by atoms with Crippen molar-refractivity contribution in [2.45, 2.75) is 19.4 Å². The first-order valence-electron chi connectivity index (χ1n) is 10.1. The molecule has 1 aromatic carbocycles. The maximum atomic E-state index is 12.7. The number of furan rings is 1. The molecular formula is C23H26N2O4S. The lowest BCUT2D eigenvalue weighted by atomic mass is 9.97. The summed E-state index contributed by atoms with van der Waals surface area (Å²) in [6.07, 6.45) is 2.42. The van der Waals surface area contributed by atoms with Crippen LogP contribution in [0.4, 0.5) is 5.00 Å². The van der Waals surface area contributed by atoms with E-state index in [0.29, 0.717) is 19.0 Å². The molecule has 30 heavy (non-hydrogen) atoms. The minimum absolute atomic E-state index is 0.0169. The monoisotopic (exact) mass is 426 g/mol. The Bertz CT molecular complexity index is 960. The molecule has 158 valence electrons. The molecule has 7 heteroatoms. The molecule has 1 aliphatic rings. The molecule has 3 aromatic rings. The van der Waals surface area contributed by atoms with Gasteiger partial charge in [0.1, 0.15) is 10.8 Å². The van der Waals surface area contributed by atoms with Crippen molar-refractivity contribution in [1.29, 1.82) is 0 Å². The van der Waals surface area contributed by atoms with Crippen LogP contribution in [0.25, 0.3) is 0 Å². The van der Waals surface area contributed by atoms with Crippen LogP contribution >= 0.6 is 11.3 Å². The fourth-order valence-electron chi connectivity index (χ4n) is 3.71. The van der Waals surface area contributed by atoms with Crippen LogP contribution in [-0.4, -0.2) is 44.2 Å². The third-order valence-electron chi connectivity index (χ3n) is 5.27. The maximum Gasteiger partial charge on any atom is 0.291 e. The molecule has 0 saturated carbocycles. The summed E-state index contributed by atoms with van der Waals surface area (Å²) in [5.74, 6) is 0.895. The Labute approximate surface area is 180 Å². The van der Waals surface area contributed by atoms with Gasteiger partial charge in [0.2, 0.25) is 0 Å². The predicted molar refractivity (Wildman–Crippen MR) is 118 cm³/mol. The molecule has 4 rings (SSSR count). The molecule has 1 N–H and O–H groups in total. The number of nitrogens with zero attached hydrogens (tertiary/aromatic N) is 1. The minimum atomic E-state index is -0.235. The Kier molecular flexibility index (Phi) is 6.52. The number of rotatable bonds is 7. The number of anilines is 1. The molecule has 3 heterocycles. The minimum Gasteiger partial charge on any atom is -0.497 e. The number of hydrogen-bond acceptors (Lipinski definition) is 6. The summed E-state index contributed by atoms with van der Waals surface area (Å²) < 4.78 is 16.2. The highest BCUT2D eigenvalue weighted by molar-refractivity contribution is 7.16. The molecule has 0 bridgehead atoms. The molecule has 0 radical (unpaired) electrons. The number of thiophene rings is 1. The van der Waals surface area contributed by atoms with Gasteiger partial charge in [-0.2, -0.15) is 0 Å². The smallest absolute Gasteiger partial charge is 0.291 e. The van der Waals surface area contributed by atoms with Gasteiger partial charge in [0, 0.05) is 23.5 Å². The Balaban J connectivity index is 1.73. The molecule has 1 saturated heterocycles. The molecule has 1 aliphatic heterocycles. The van der Waals surface area contributed by atoms with Crippen LogP contribution in [0.2, 0.25) is 0 Å². The van der Waals surface area contributed by atoms with E-state index in [-0.39, 0.29) is 11.9 Å². The highest BCUT2D eigenvalue weighted by Crippen LogP contribution is 2.40. The van der Waals surface area contributed by atoms with Crippen LogP contribution in [0, 0.1) is 0 Å². The van der Waals surface area contributed by atoms with E-state index < -0.39 is 0 Å². The molecule has 1 atom stereocenters. The van der Waals surface area contributed by atoms with Crippen LogP contribution in [0.1, 0.15) is 39.5 Å². The van der Waals surface area contributed by atoms with Crippen LogP contribution in [0.3, 0.4) is 0 Å². The second kappa shape index (κ2) is 9.47. The summed E-state index contributed by atoms with van der Waals surface area (Å²) in [7, 11) is 1.67. The Hall–Kier alpha value is -2.61. The van der Waals surface area contributed by atoms with Crippen LogP contribution in [-0.2, 0) is 11.2 Å². The maximum absolute atomic E-state index is 12.7. The first-order valence-corrected chi connectivity index (χ1v) is 10.9. The van der Waals surface area contributed by atoms with Crippen molar-refractivity contribution >= 4 is 22.2 Å². The predicted octanol–water partition coefficient (Wildman–Crippen LogP) is 4.59. The van der Waals surface area contributed by atoms with Gasteiger partial charge in [-0.1, -0.05) is 19.1 Å². The second-order valence-corrected chi connectivity index (χ2v) is 8.24. The normalized spacial score (nSPS) is 15.7. The van der Waals surface area contributed by atoms with Crippen molar-refractivity contribution in [3.8, 4) is 5.75 Å². The summed E-state index contributed by atoms with van der Waals surface area (Å²) >= 11 is 1.62. The number of benzene rings is 1. The number of amides is 1. The number of morpholine rings is 1. The topological polar surface area (TPSA) is 63.9 Å². The van der Waals surface area contributed by atoms with E-state index in [0.717, 1.165) is 41.4 Å². The summed E-state index contributed by atoms with van der Waals surface area (Å²) in [5, 5.41) is 3.94. The van der Waals surface area contributed by atoms with Crippen molar-refractivity contribution in [2.24, 2.45) is 0 Å². The summed E-state index contributed by atoms with van der Waals surface area (Å²) in [4.78, 5) is 16.3. The van der Waals surface area contributed by atoms with E-state index in [1.54, 1.807) is 30.6 Å². The lowest BCUT2D eigenvalue weighted by Crippen LogP contribution is -2.39. The van der Waals surface area contributed by atoms with Gasteiger partial charge in [-0.3, -0.25) is 9.69 Å². The third kappa shape index (κ3) is 4.43. The molecule has 0 spiro atoms. The van der Waals surface area contributed by atoms with Gasteiger partial charge in [-0.05, 0) is 42.3 Å². The number of aryl methyl sites for hydroxylation is 1. The van der Waals surface area contributed by atoms with Crippen LogP contribution in [0.5, 0.6) is 5.75 Å². The zero-order valence-corrected chi connectivity index (χ0v) is 18.0. The van der Waals surface area contributed by atoms with Crippen LogP contribution < -0.4 is 10.1 Å². The summed E-state index contributed by atoms with van der Waals surface area (Å²) in [6.45, 7) is 5.20. The Morgan fingerprint density at radius 2 is 2.00 bits per heavy atom. The molecule has 0 unspecified atom stereocenters. The van der Waals surface area contributed by atoms with Gasteiger partial charge < -0.3 is 19.2 Å².